The third kappa shape index (κ3) is 3.40. The van der Waals surface area contributed by atoms with Gasteiger partial charge in [-0.1, -0.05) is 18.2 Å². The molecule has 0 saturated heterocycles. The SMILES string of the molecule is CCOc1ccc(CNc2cccc3c2OCC[C@H]3O)cc1F. The van der Waals surface area contributed by atoms with Gasteiger partial charge in [0.25, 0.3) is 0 Å². The second kappa shape index (κ2) is 6.87. The summed E-state index contributed by atoms with van der Waals surface area (Å²) in [6.45, 7) is 3.20. The van der Waals surface area contributed by atoms with Crippen LogP contribution < -0.4 is 14.8 Å². The minimum absolute atomic E-state index is 0.264. The highest BCUT2D eigenvalue weighted by Gasteiger charge is 2.21. The molecule has 0 saturated carbocycles. The standard InChI is InChI=1S/C18H20FNO3/c1-2-22-17-7-6-12(10-14(17)19)11-20-15-5-3-4-13-16(21)8-9-23-18(13)15/h3-7,10,16,20-21H,2,8-9,11H2,1H3/t16-/m1/s1. The van der Waals surface area contributed by atoms with Gasteiger partial charge in [-0.15, -0.1) is 0 Å². The molecule has 5 heteroatoms. The van der Waals surface area contributed by atoms with Gasteiger partial charge in [0.1, 0.15) is 5.75 Å². The summed E-state index contributed by atoms with van der Waals surface area (Å²) in [5, 5.41) is 13.3. The lowest BCUT2D eigenvalue weighted by atomic mass is 10.0. The van der Waals surface area contributed by atoms with Crippen molar-refractivity contribution in [1.29, 1.82) is 0 Å². The number of para-hydroxylation sites is 1. The van der Waals surface area contributed by atoms with Crippen LogP contribution in [0.25, 0.3) is 0 Å². The van der Waals surface area contributed by atoms with Crippen molar-refractivity contribution < 1.29 is 19.0 Å². The molecule has 1 aliphatic heterocycles. The molecule has 23 heavy (non-hydrogen) atoms. The molecular formula is C18H20FNO3. The van der Waals surface area contributed by atoms with E-state index in [2.05, 4.69) is 5.32 Å². The second-order valence-electron chi connectivity index (χ2n) is 5.43. The van der Waals surface area contributed by atoms with Crippen molar-refractivity contribution in [3.63, 3.8) is 0 Å². The first kappa shape index (κ1) is 15.6. The molecule has 0 fully saturated rings. The van der Waals surface area contributed by atoms with Gasteiger partial charge in [0.05, 0.1) is 25.0 Å². The average Bonchev–Trinajstić information content (AvgIpc) is 2.56. The predicted molar refractivity (Wildman–Crippen MR) is 86.4 cm³/mol. The number of benzene rings is 2. The number of nitrogens with one attached hydrogen (secondary N) is 1. The zero-order chi connectivity index (χ0) is 16.2. The highest BCUT2D eigenvalue weighted by atomic mass is 19.1. The molecule has 4 nitrogen and oxygen atoms in total. The van der Waals surface area contributed by atoms with Gasteiger partial charge in [-0.3, -0.25) is 0 Å². The van der Waals surface area contributed by atoms with E-state index in [-0.39, 0.29) is 11.6 Å². The van der Waals surface area contributed by atoms with E-state index in [1.54, 1.807) is 6.07 Å². The number of hydrogen-bond acceptors (Lipinski definition) is 4. The summed E-state index contributed by atoms with van der Waals surface area (Å²) in [4.78, 5) is 0. The maximum absolute atomic E-state index is 13.9. The first-order valence-electron chi connectivity index (χ1n) is 7.78. The van der Waals surface area contributed by atoms with Gasteiger partial charge in [0, 0.05) is 18.5 Å². The molecule has 0 radical (unpaired) electrons. The van der Waals surface area contributed by atoms with Crippen molar-refractivity contribution in [1.82, 2.24) is 0 Å². The third-order valence-corrected chi connectivity index (χ3v) is 3.82. The Morgan fingerprint density at radius 2 is 2.22 bits per heavy atom. The fourth-order valence-electron chi connectivity index (χ4n) is 2.67. The molecule has 0 amide bonds. The van der Waals surface area contributed by atoms with E-state index in [0.29, 0.717) is 31.9 Å². The molecule has 2 aromatic rings. The number of halogens is 1. The zero-order valence-electron chi connectivity index (χ0n) is 13.0. The number of aliphatic hydroxyl groups is 1. The molecule has 1 atom stereocenters. The highest BCUT2D eigenvalue weighted by Crippen LogP contribution is 2.38. The van der Waals surface area contributed by atoms with Crippen molar-refractivity contribution in [2.24, 2.45) is 0 Å². The Labute approximate surface area is 134 Å². The summed E-state index contributed by atoms with van der Waals surface area (Å²) < 4.78 is 24.7. The van der Waals surface area contributed by atoms with E-state index in [0.717, 1.165) is 16.8 Å². The summed E-state index contributed by atoms with van der Waals surface area (Å²) in [6, 6.07) is 10.5. The van der Waals surface area contributed by atoms with Crippen LogP contribution in [-0.4, -0.2) is 18.3 Å². The Morgan fingerprint density at radius 3 is 3.00 bits per heavy atom. The van der Waals surface area contributed by atoms with Gasteiger partial charge < -0.3 is 19.9 Å². The largest absolute Gasteiger partial charge is 0.491 e. The lowest BCUT2D eigenvalue weighted by Crippen LogP contribution is -2.15. The summed E-state index contributed by atoms with van der Waals surface area (Å²) in [7, 11) is 0. The minimum atomic E-state index is -0.497. The molecule has 3 rings (SSSR count). The molecule has 0 spiro atoms. The molecule has 1 heterocycles. The zero-order valence-corrected chi connectivity index (χ0v) is 13.0. The van der Waals surface area contributed by atoms with Crippen LogP contribution in [-0.2, 0) is 6.54 Å². The molecule has 0 bridgehead atoms. The van der Waals surface area contributed by atoms with E-state index in [9.17, 15) is 9.50 Å². The summed E-state index contributed by atoms with van der Waals surface area (Å²) >= 11 is 0. The maximum Gasteiger partial charge on any atom is 0.165 e. The van der Waals surface area contributed by atoms with Gasteiger partial charge in [-0.05, 0) is 30.7 Å². The minimum Gasteiger partial charge on any atom is -0.491 e. The summed E-state index contributed by atoms with van der Waals surface area (Å²) in [5.74, 6) is 0.574. The van der Waals surface area contributed by atoms with Crippen LogP contribution in [0.2, 0.25) is 0 Å². The molecule has 0 unspecified atom stereocenters. The Bertz CT molecular complexity index is 690. The number of anilines is 1. The quantitative estimate of drug-likeness (QED) is 0.884. The number of aliphatic hydroxyl groups excluding tert-OH is 1. The third-order valence-electron chi connectivity index (χ3n) is 3.82. The van der Waals surface area contributed by atoms with Crippen molar-refractivity contribution in [3.05, 3.63) is 53.3 Å². The van der Waals surface area contributed by atoms with Crippen LogP contribution in [0, 0.1) is 5.82 Å². The fraction of sp³-hybridized carbons (Fsp3) is 0.333. The number of fused-ring (bicyclic) bond motifs is 1. The first-order valence-corrected chi connectivity index (χ1v) is 7.78. The van der Waals surface area contributed by atoms with E-state index in [1.807, 2.05) is 31.2 Å². The molecular weight excluding hydrogens is 297 g/mol. The van der Waals surface area contributed by atoms with Crippen LogP contribution in [0.5, 0.6) is 11.5 Å². The van der Waals surface area contributed by atoms with E-state index < -0.39 is 6.10 Å². The molecule has 2 N–H and O–H groups in total. The Kier molecular flexibility index (Phi) is 4.67. The number of ether oxygens (including phenoxy) is 2. The van der Waals surface area contributed by atoms with Crippen LogP contribution in [0.3, 0.4) is 0 Å². The first-order chi connectivity index (χ1) is 11.2. The molecule has 1 aliphatic rings. The molecule has 0 aromatic heterocycles. The van der Waals surface area contributed by atoms with E-state index in [1.165, 1.54) is 6.07 Å². The monoisotopic (exact) mass is 317 g/mol. The van der Waals surface area contributed by atoms with Gasteiger partial charge in [0.2, 0.25) is 0 Å². The lowest BCUT2D eigenvalue weighted by molar-refractivity contribution is 0.116. The number of hydrogen-bond donors (Lipinski definition) is 2. The average molecular weight is 317 g/mol. The van der Waals surface area contributed by atoms with Crippen LogP contribution in [0.15, 0.2) is 36.4 Å². The van der Waals surface area contributed by atoms with Gasteiger partial charge in [-0.2, -0.15) is 0 Å². The van der Waals surface area contributed by atoms with Crippen molar-refractivity contribution in [2.45, 2.75) is 26.0 Å². The van der Waals surface area contributed by atoms with Crippen LogP contribution in [0.4, 0.5) is 10.1 Å². The van der Waals surface area contributed by atoms with Gasteiger partial charge in [0.15, 0.2) is 11.6 Å². The van der Waals surface area contributed by atoms with Crippen molar-refractivity contribution >= 4 is 5.69 Å². The molecule has 122 valence electrons. The normalized spacial score (nSPS) is 16.4. The highest BCUT2D eigenvalue weighted by molar-refractivity contribution is 5.61. The molecule has 2 aromatic carbocycles. The van der Waals surface area contributed by atoms with Crippen LogP contribution in [0.1, 0.15) is 30.6 Å². The van der Waals surface area contributed by atoms with Crippen LogP contribution >= 0.6 is 0 Å². The summed E-state index contributed by atoms with van der Waals surface area (Å²) in [6.07, 6.45) is 0.101. The summed E-state index contributed by atoms with van der Waals surface area (Å²) in [5.41, 5.74) is 2.40. The van der Waals surface area contributed by atoms with E-state index >= 15 is 0 Å². The predicted octanol–water partition coefficient (Wildman–Crippen LogP) is 3.65. The van der Waals surface area contributed by atoms with Gasteiger partial charge >= 0.3 is 0 Å². The lowest BCUT2D eigenvalue weighted by Gasteiger charge is -2.24. The van der Waals surface area contributed by atoms with Gasteiger partial charge in [-0.25, -0.2) is 4.39 Å². The second-order valence-corrected chi connectivity index (χ2v) is 5.43. The smallest absolute Gasteiger partial charge is 0.165 e. The topological polar surface area (TPSA) is 50.7 Å². The number of rotatable bonds is 5. The molecule has 0 aliphatic carbocycles. The maximum atomic E-state index is 13.9. The fourth-order valence-corrected chi connectivity index (χ4v) is 2.67. The Hall–Kier alpha value is -2.27. The Morgan fingerprint density at radius 1 is 1.35 bits per heavy atom. The Balaban J connectivity index is 1.74. The van der Waals surface area contributed by atoms with Crippen molar-refractivity contribution in [3.8, 4) is 11.5 Å². The van der Waals surface area contributed by atoms with E-state index in [4.69, 9.17) is 9.47 Å². The van der Waals surface area contributed by atoms with Crippen molar-refractivity contribution in [2.75, 3.05) is 18.5 Å².